The minimum Gasteiger partial charge on any atom is -0.351 e. The van der Waals surface area contributed by atoms with Crippen LogP contribution in [-0.4, -0.2) is 28.0 Å². The summed E-state index contributed by atoms with van der Waals surface area (Å²) >= 11 is 1.30. The van der Waals surface area contributed by atoms with Crippen molar-refractivity contribution in [1.82, 2.24) is 9.97 Å². The summed E-state index contributed by atoms with van der Waals surface area (Å²) in [5.41, 5.74) is 1.16. The van der Waals surface area contributed by atoms with Gasteiger partial charge in [-0.15, -0.1) is 0 Å². The molecule has 0 atom stereocenters. The van der Waals surface area contributed by atoms with Gasteiger partial charge in [-0.2, -0.15) is 0 Å². The highest BCUT2D eigenvalue weighted by atomic mass is 32.2. The van der Waals surface area contributed by atoms with Crippen molar-refractivity contribution in [3.8, 4) is 0 Å². The van der Waals surface area contributed by atoms with E-state index in [0.29, 0.717) is 10.8 Å². The van der Waals surface area contributed by atoms with Gasteiger partial charge < -0.3 is 4.90 Å². The van der Waals surface area contributed by atoms with Gasteiger partial charge in [-0.3, -0.25) is 10.1 Å². The molecule has 3 rings (SSSR count). The maximum Gasteiger partial charge on any atom is 0.343 e. The summed E-state index contributed by atoms with van der Waals surface area (Å²) < 4.78 is 0. The van der Waals surface area contributed by atoms with E-state index in [2.05, 4.69) is 9.97 Å². The molecule has 1 aliphatic heterocycles. The zero-order chi connectivity index (χ0) is 15.5. The molecule has 0 spiro atoms. The summed E-state index contributed by atoms with van der Waals surface area (Å²) in [6, 6.07) is 7.86. The molecular weight excluding hydrogens is 300 g/mol. The minimum absolute atomic E-state index is 0.00924. The maximum absolute atomic E-state index is 11.5. The number of aryl methyl sites for hydroxylation is 1. The van der Waals surface area contributed by atoms with Crippen molar-refractivity contribution in [2.45, 2.75) is 29.7 Å². The highest BCUT2D eigenvalue weighted by molar-refractivity contribution is 7.99. The van der Waals surface area contributed by atoms with Crippen molar-refractivity contribution in [2.24, 2.45) is 0 Å². The molecule has 7 heteroatoms. The molecule has 0 bridgehead atoms. The van der Waals surface area contributed by atoms with Gasteiger partial charge in [-0.05, 0) is 31.9 Å². The lowest BCUT2D eigenvalue weighted by molar-refractivity contribution is -0.387. The second-order valence-electron chi connectivity index (χ2n) is 5.22. The molecule has 0 unspecified atom stereocenters. The summed E-state index contributed by atoms with van der Waals surface area (Å²) in [4.78, 5) is 22.4. The zero-order valence-corrected chi connectivity index (χ0v) is 13.0. The quantitative estimate of drug-likeness (QED) is 0.489. The van der Waals surface area contributed by atoms with E-state index in [-0.39, 0.29) is 10.6 Å². The average molecular weight is 316 g/mol. The molecule has 0 N–H and O–H groups in total. The van der Waals surface area contributed by atoms with Gasteiger partial charge >= 0.3 is 5.69 Å². The van der Waals surface area contributed by atoms with E-state index in [1.165, 1.54) is 18.1 Å². The first-order valence-electron chi connectivity index (χ1n) is 7.14. The molecule has 1 fully saturated rings. The average Bonchev–Trinajstić information content (AvgIpc) is 3.03. The highest BCUT2D eigenvalue weighted by Gasteiger charge is 2.28. The van der Waals surface area contributed by atoms with Crippen LogP contribution in [0.4, 0.5) is 11.5 Å². The molecule has 0 saturated carbocycles. The lowest BCUT2D eigenvalue weighted by atomic mass is 10.2. The van der Waals surface area contributed by atoms with Gasteiger partial charge in [0.15, 0.2) is 5.03 Å². The van der Waals surface area contributed by atoms with E-state index in [1.807, 2.05) is 36.1 Å². The molecule has 0 aliphatic carbocycles. The molecule has 2 heterocycles. The number of nitro groups is 1. The minimum atomic E-state index is -0.371. The fourth-order valence-electron chi connectivity index (χ4n) is 2.47. The predicted molar refractivity (Wildman–Crippen MR) is 85.4 cm³/mol. The van der Waals surface area contributed by atoms with Crippen molar-refractivity contribution in [1.29, 1.82) is 0 Å². The van der Waals surface area contributed by atoms with Gasteiger partial charge in [-0.25, -0.2) is 9.97 Å². The van der Waals surface area contributed by atoms with E-state index in [0.717, 1.165) is 36.4 Å². The van der Waals surface area contributed by atoms with Crippen LogP contribution in [0.5, 0.6) is 0 Å². The van der Waals surface area contributed by atoms with E-state index in [4.69, 9.17) is 0 Å². The Morgan fingerprint density at radius 1 is 1.18 bits per heavy atom. The monoisotopic (exact) mass is 316 g/mol. The van der Waals surface area contributed by atoms with Crippen molar-refractivity contribution in [3.63, 3.8) is 0 Å². The van der Waals surface area contributed by atoms with Crippen LogP contribution in [0.2, 0.25) is 0 Å². The summed E-state index contributed by atoms with van der Waals surface area (Å²) in [5.74, 6) is 0.437. The molecule has 0 radical (unpaired) electrons. The maximum atomic E-state index is 11.5. The molecule has 1 saturated heterocycles. The number of nitrogens with zero attached hydrogens (tertiary/aromatic N) is 4. The van der Waals surface area contributed by atoms with E-state index < -0.39 is 0 Å². The Bertz CT molecular complexity index is 684. The summed E-state index contributed by atoms with van der Waals surface area (Å²) in [6.45, 7) is 3.63. The number of hydrogen-bond donors (Lipinski definition) is 0. The first-order valence-corrected chi connectivity index (χ1v) is 7.95. The van der Waals surface area contributed by atoms with Crippen LogP contribution in [0, 0.1) is 17.0 Å². The van der Waals surface area contributed by atoms with Crippen LogP contribution in [-0.2, 0) is 0 Å². The van der Waals surface area contributed by atoms with E-state index >= 15 is 0 Å². The lowest BCUT2D eigenvalue weighted by Crippen LogP contribution is -2.20. The Balaban J connectivity index is 1.97. The fraction of sp³-hybridized carbons (Fsp3) is 0.333. The molecule has 1 aromatic heterocycles. The smallest absolute Gasteiger partial charge is 0.343 e. The number of aromatic nitrogens is 2. The largest absolute Gasteiger partial charge is 0.351 e. The van der Waals surface area contributed by atoms with Gasteiger partial charge in [0.05, 0.1) is 4.92 Å². The molecule has 22 heavy (non-hydrogen) atoms. The van der Waals surface area contributed by atoms with E-state index in [1.54, 1.807) is 0 Å². The van der Waals surface area contributed by atoms with Gasteiger partial charge in [0, 0.05) is 18.0 Å². The number of hydrogen-bond acceptors (Lipinski definition) is 6. The Hall–Kier alpha value is -2.15. The first-order chi connectivity index (χ1) is 10.6. The van der Waals surface area contributed by atoms with Crippen molar-refractivity contribution in [3.05, 3.63) is 46.3 Å². The lowest BCUT2D eigenvalue weighted by Gasteiger charge is -2.16. The molecule has 2 aromatic rings. The SMILES string of the molecule is Cc1ccc(Sc2ncnc(N3CCCC3)c2[N+](=O)[O-])cc1. The van der Waals surface area contributed by atoms with Crippen LogP contribution in [0.1, 0.15) is 18.4 Å². The van der Waals surface area contributed by atoms with Gasteiger partial charge in [0.1, 0.15) is 6.33 Å². The highest BCUT2D eigenvalue weighted by Crippen LogP contribution is 2.38. The van der Waals surface area contributed by atoms with Crippen LogP contribution in [0.25, 0.3) is 0 Å². The van der Waals surface area contributed by atoms with Gasteiger partial charge in [0.25, 0.3) is 0 Å². The van der Waals surface area contributed by atoms with Gasteiger partial charge in [0.2, 0.25) is 5.82 Å². The van der Waals surface area contributed by atoms with Crippen LogP contribution in [0.3, 0.4) is 0 Å². The van der Waals surface area contributed by atoms with E-state index in [9.17, 15) is 10.1 Å². The molecule has 0 amide bonds. The number of benzene rings is 1. The first kappa shape index (κ1) is 14.8. The van der Waals surface area contributed by atoms with Crippen molar-refractivity contribution in [2.75, 3.05) is 18.0 Å². The van der Waals surface area contributed by atoms with Crippen molar-refractivity contribution >= 4 is 23.3 Å². The molecular formula is C15H16N4O2S. The third-order valence-electron chi connectivity index (χ3n) is 3.59. The second-order valence-corrected chi connectivity index (χ2v) is 6.28. The molecule has 6 nitrogen and oxygen atoms in total. The van der Waals surface area contributed by atoms with Crippen molar-refractivity contribution < 1.29 is 4.92 Å². The molecule has 1 aromatic carbocycles. The summed E-state index contributed by atoms with van der Waals surface area (Å²) in [5, 5.41) is 11.9. The Morgan fingerprint density at radius 3 is 2.50 bits per heavy atom. The number of anilines is 1. The summed E-state index contributed by atoms with van der Waals surface area (Å²) in [7, 11) is 0. The summed E-state index contributed by atoms with van der Waals surface area (Å²) in [6.07, 6.45) is 3.50. The second kappa shape index (κ2) is 6.31. The third-order valence-corrected chi connectivity index (χ3v) is 4.59. The Kier molecular flexibility index (Phi) is 4.24. The normalized spacial score (nSPS) is 14.3. The standard InChI is InChI=1S/C15H16N4O2S/c1-11-4-6-12(7-5-11)22-15-13(19(20)21)14(16-10-17-15)18-8-2-3-9-18/h4-7,10H,2-3,8-9H2,1H3. The molecule has 114 valence electrons. The van der Waals surface area contributed by atoms with Crippen LogP contribution >= 0.6 is 11.8 Å². The number of rotatable bonds is 4. The third kappa shape index (κ3) is 3.04. The fourth-order valence-corrected chi connectivity index (χ4v) is 3.32. The van der Waals surface area contributed by atoms with Gasteiger partial charge in [-0.1, -0.05) is 29.5 Å². The zero-order valence-electron chi connectivity index (χ0n) is 12.2. The molecule has 1 aliphatic rings. The Labute approximate surface area is 132 Å². The predicted octanol–water partition coefficient (Wildman–Crippen LogP) is 3.44. The van der Waals surface area contributed by atoms with Crippen LogP contribution < -0.4 is 4.90 Å². The van der Waals surface area contributed by atoms with Crippen LogP contribution in [0.15, 0.2) is 40.5 Å². The topological polar surface area (TPSA) is 72.2 Å². The Morgan fingerprint density at radius 2 is 1.86 bits per heavy atom.